The number of ether oxygens (including phenoxy) is 1. The Bertz CT molecular complexity index is 939. The topological polar surface area (TPSA) is 58.6 Å². The van der Waals surface area contributed by atoms with Crippen LogP contribution in [0.15, 0.2) is 71.2 Å². The Morgan fingerprint density at radius 3 is 2.48 bits per heavy atom. The van der Waals surface area contributed by atoms with Crippen molar-refractivity contribution in [1.82, 2.24) is 0 Å². The highest BCUT2D eigenvalue weighted by Crippen LogP contribution is 2.27. The van der Waals surface area contributed by atoms with Gasteiger partial charge in [-0.3, -0.25) is 0 Å². The molecule has 0 bridgehead atoms. The predicted octanol–water partition coefficient (Wildman–Crippen LogP) is 5.65. The third-order valence-corrected chi connectivity index (χ3v) is 4.74. The summed E-state index contributed by atoms with van der Waals surface area (Å²) in [6, 6.07) is 21.0. The fraction of sp³-hybridized carbons (Fsp3) is 0.136. The average molecular weight is 426 g/mol. The molecule has 0 fully saturated rings. The first kappa shape index (κ1) is 19.0. The molecule has 0 aliphatic carbocycles. The van der Waals surface area contributed by atoms with E-state index in [-0.39, 0.29) is 5.56 Å². The summed E-state index contributed by atoms with van der Waals surface area (Å²) in [6.45, 7) is 3.16. The van der Waals surface area contributed by atoms with E-state index in [0.29, 0.717) is 13.2 Å². The molecule has 0 saturated carbocycles. The van der Waals surface area contributed by atoms with Crippen LogP contribution in [0.1, 0.15) is 27.0 Å². The van der Waals surface area contributed by atoms with E-state index in [9.17, 15) is 4.79 Å². The van der Waals surface area contributed by atoms with Crippen molar-refractivity contribution in [2.75, 3.05) is 5.32 Å². The summed E-state index contributed by atoms with van der Waals surface area (Å²) in [5.41, 5.74) is 4.44. The second kappa shape index (κ2) is 8.73. The maximum absolute atomic E-state index is 11.0. The van der Waals surface area contributed by atoms with Crippen LogP contribution >= 0.6 is 15.9 Å². The normalized spacial score (nSPS) is 10.4. The Kier molecular flexibility index (Phi) is 6.14. The van der Waals surface area contributed by atoms with Crippen molar-refractivity contribution in [3.05, 3.63) is 93.5 Å². The zero-order chi connectivity index (χ0) is 19.2. The summed E-state index contributed by atoms with van der Waals surface area (Å²) in [7, 11) is 0. The van der Waals surface area contributed by atoms with Crippen molar-refractivity contribution >= 4 is 27.6 Å². The van der Waals surface area contributed by atoms with Crippen LogP contribution in [0.5, 0.6) is 5.75 Å². The van der Waals surface area contributed by atoms with Crippen molar-refractivity contribution < 1.29 is 14.6 Å². The number of carboxylic acids is 1. The van der Waals surface area contributed by atoms with Crippen molar-refractivity contribution in [1.29, 1.82) is 0 Å². The maximum atomic E-state index is 11.0. The van der Waals surface area contributed by atoms with Crippen LogP contribution in [0, 0.1) is 6.92 Å². The number of benzene rings is 3. The molecule has 3 aromatic carbocycles. The Hall–Kier alpha value is -2.79. The second-order valence-electron chi connectivity index (χ2n) is 6.28. The number of halogens is 1. The van der Waals surface area contributed by atoms with Gasteiger partial charge in [0.2, 0.25) is 0 Å². The van der Waals surface area contributed by atoms with Gasteiger partial charge in [-0.1, -0.05) is 42.0 Å². The molecule has 0 radical (unpaired) electrons. The van der Waals surface area contributed by atoms with Gasteiger partial charge in [-0.15, -0.1) is 0 Å². The van der Waals surface area contributed by atoms with Crippen molar-refractivity contribution in [3.63, 3.8) is 0 Å². The smallest absolute Gasteiger partial charge is 0.335 e. The minimum atomic E-state index is -0.934. The van der Waals surface area contributed by atoms with Gasteiger partial charge in [0.05, 0.1) is 10.0 Å². The predicted molar refractivity (Wildman–Crippen MR) is 110 cm³/mol. The fourth-order valence-electron chi connectivity index (χ4n) is 2.58. The third-order valence-electron chi connectivity index (χ3n) is 4.12. The van der Waals surface area contributed by atoms with Crippen LogP contribution in [0.3, 0.4) is 0 Å². The second-order valence-corrected chi connectivity index (χ2v) is 7.13. The molecule has 0 unspecified atom stereocenters. The minimum absolute atomic E-state index is 0.265. The highest BCUT2D eigenvalue weighted by molar-refractivity contribution is 9.10. The van der Waals surface area contributed by atoms with Gasteiger partial charge >= 0.3 is 5.97 Å². The summed E-state index contributed by atoms with van der Waals surface area (Å²) in [5.74, 6) is -0.149. The molecule has 2 N–H and O–H groups in total. The molecule has 0 aromatic heterocycles. The summed E-state index contributed by atoms with van der Waals surface area (Å²) < 4.78 is 6.77. The Balaban J connectivity index is 1.60. The number of carboxylic acid groups (broad SMARTS) is 1. The van der Waals surface area contributed by atoms with E-state index >= 15 is 0 Å². The van der Waals surface area contributed by atoms with Crippen molar-refractivity contribution in [2.24, 2.45) is 0 Å². The van der Waals surface area contributed by atoms with Crippen LogP contribution in [0.4, 0.5) is 5.69 Å². The number of hydrogen-bond donors (Lipinski definition) is 2. The van der Waals surface area contributed by atoms with E-state index in [2.05, 4.69) is 52.4 Å². The Morgan fingerprint density at radius 1 is 1.04 bits per heavy atom. The van der Waals surface area contributed by atoms with Gasteiger partial charge < -0.3 is 15.2 Å². The molecular weight excluding hydrogens is 406 g/mol. The highest BCUT2D eigenvalue weighted by Gasteiger charge is 2.06. The number of aromatic carboxylic acids is 1. The average Bonchev–Trinajstić information content (AvgIpc) is 2.67. The number of nitrogens with one attached hydrogen (secondary N) is 1. The first-order valence-corrected chi connectivity index (χ1v) is 9.34. The van der Waals surface area contributed by atoms with Crippen LogP contribution in [0.2, 0.25) is 0 Å². The molecule has 0 heterocycles. The van der Waals surface area contributed by atoms with Crippen LogP contribution < -0.4 is 10.1 Å². The molecule has 0 amide bonds. The molecule has 0 aliphatic heterocycles. The lowest BCUT2D eigenvalue weighted by Crippen LogP contribution is -2.02. The van der Waals surface area contributed by atoms with Crippen LogP contribution in [-0.4, -0.2) is 11.1 Å². The van der Waals surface area contributed by atoms with Gasteiger partial charge in [0, 0.05) is 12.2 Å². The lowest BCUT2D eigenvalue weighted by atomic mass is 10.1. The van der Waals surface area contributed by atoms with Gasteiger partial charge in [0.1, 0.15) is 12.4 Å². The van der Waals surface area contributed by atoms with Gasteiger partial charge in [0.25, 0.3) is 0 Å². The molecule has 27 heavy (non-hydrogen) atoms. The highest BCUT2D eigenvalue weighted by atomic mass is 79.9. The number of carbonyl (C=O) groups is 1. The Morgan fingerprint density at radius 2 is 1.78 bits per heavy atom. The van der Waals surface area contributed by atoms with E-state index < -0.39 is 5.97 Å². The molecule has 138 valence electrons. The zero-order valence-corrected chi connectivity index (χ0v) is 16.5. The largest absolute Gasteiger partial charge is 0.488 e. The first-order valence-electron chi connectivity index (χ1n) is 8.55. The summed E-state index contributed by atoms with van der Waals surface area (Å²) in [4.78, 5) is 11.0. The first-order chi connectivity index (χ1) is 13.0. The number of anilines is 1. The molecule has 5 heteroatoms. The fourth-order valence-corrected chi connectivity index (χ4v) is 3.12. The third kappa shape index (κ3) is 5.34. The summed E-state index contributed by atoms with van der Waals surface area (Å²) >= 11 is 3.56. The monoisotopic (exact) mass is 425 g/mol. The van der Waals surface area contributed by atoms with Crippen LogP contribution in [-0.2, 0) is 13.2 Å². The van der Waals surface area contributed by atoms with E-state index in [1.54, 1.807) is 18.2 Å². The molecule has 3 rings (SSSR count). The molecule has 0 saturated heterocycles. The molecule has 0 spiro atoms. The molecular formula is C22H20BrNO3. The standard InChI is InChI=1S/C22H20BrNO3/c1-15-5-7-16(8-6-15)14-27-21-10-9-17(11-20(21)23)13-24-19-4-2-3-18(12-19)22(25)26/h2-12,24H,13-14H2,1H3,(H,25,26). The lowest BCUT2D eigenvalue weighted by Gasteiger charge is -2.11. The van der Waals surface area contributed by atoms with Gasteiger partial charge in [-0.05, 0) is 64.3 Å². The lowest BCUT2D eigenvalue weighted by molar-refractivity contribution is 0.0697. The Labute approximate surface area is 166 Å². The van der Waals surface area contributed by atoms with Gasteiger partial charge in [-0.2, -0.15) is 0 Å². The summed E-state index contributed by atoms with van der Waals surface area (Å²) in [5, 5.41) is 12.3. The summed E-state index contributed by atoms with van der Waals surface area (Å²) in [6.07, 6.45) is 0. The number of aryl methyl sites for hydroxylation is 1. The molecule has 3 aromatic rings. The van der Waals surface area contributed by atoms with E-state index in [0.717, 1.165) is 27.0 Å². The van der Waals surface area contributed by atoms with Crippen LogP contribution in [0.25, 0.3) is 0 Å². The number of rotatable bonds is 7. The maximum Gasteiger partial charge on any atom is 0.335 e. The zero-order valence-electron chi connectivity index (χ0n) is 14.9. The molecule has 0 atom stereocenters. The molecule has 4 nitrogen and oxygen atoms in total. The SMILES string of the molecule is Cc1ccc(COc2ccc(CNc3cccc(C(=O)O)c3)cc2Br)cc1. The number of hydrogen-bond acceptors (Lipinski definition) is 3. The van der Waals surface area contributed by atoms with Crippen molar-refractivity contribution in [3.8, 4) is 5.75 Å². The molecule has 0 aliphatic rings. The van der Waals surface area contributed by atoms with E-state index in [1.165, 1.54) is 5.56 Å². The van der Waals surface area contributed by atoms with Crippen molar-refractivity contribution in [2.45, 2.75) is 20.1 Å². The van der Waals surface area contributed by atoms with E-state index in [1.807, 2.05) is 24.3 Å². The quantitative estimate of drug-likeness (QED) is 0.513. The minimum Gasteiger partial charge on any atom is -0.488 e. The van der Waals surface area contributed by atoms with Gasteiger partial charge in [0.15, 0.2) is 0 Å². The van der Waals surface area contributed by atoms with E-state index in [4.69, 9.17) is 9.84 Å². The van der Waals surface area contributed by atoms with Gasteiger partial charge in [-0.25, -0.2) is 4.79 Å².